The average molecular weight is 367 g/mol. The third kappa shape index (κ3) is 4.63. The van der Waals surface area contributed by atoms with Crippen LogP contribution in [-0.4, -0.2) is 18.6 Å². The molecule has 0 fully saturated rings. The van der Waals surface area contributed by atoms with E-state index in [1.165, 1.54) is 0 Å². The molecule has 1 heterocycles. The zero-order valence-electron chi connectivity index (χ0n) is 11.9. The summed E-state index contributed by atoms with van der Waals surface area (Å²) in [7, 11) is 0. The van der Waals surface area contributed by atoms with Crippen molar-refractivity contribution >= 4 is 33.8 Å². The highest BCUT2D eigenvalue weighted by Crippen LogP contribution is 2.18. The van der Waals surface area contributed by atoms with E-state index in [4.69, 9.17) is 9.15 Å². The lowest BCUT2D eigenvalue weighted by molar-refractivity contribution is 0.0526. The Kier molecular flexibility index (Phi) is 5.60. The van der Waals surface area contributed by atoms with Crippen LogP contribution in [-0.2, 0) is 11.3 Å². The lowest BCUT2D eigenvalue weighted by Crippen LogP contribution is -2.27. The van der Waals surface area contributed by atoms with Gasteiger partial charge in [0.2, 0.25) is 5.88 Å². The van der Waals surface area contributed by atoms with Crippen LogP contribution in [0.25, 0.3) is 0 Å². The van der Waals surface area contributed by atoms with Gasteiger partial charge in [-0.3, -0.25) is 5.32 Å². The Hall–Kier alpha value is -2.28. The summed E-state index contributed by atoms with van der Waals surface area (Å²) in [4.78, 5) is 23.2. The van der Waals surface area contributed by atoms with Gasteiger partial charge in [0, 0.05) is 12.6 Å². The zero-order valence-corrected chi connectivity index (χ0v) is 13.5. The molecule has 7 heteroatoms. The van der Waals surface area contributed by atoms with Gasteiger partial charge < -0.3 is 14.5 Å². The van der Waals surface area contributed by atoms with Crippen molar-refractivity contribution in [1.82, 2.24) is 5.32 Å². The van der Waals surface area contributed by atoms with E-state index in [1.54, 1.807) is 43.3 Å². The van der Waals surface area contributed by atoms with E-state index in [-0.39, 0.29) is 12.0 Å². The number of esters is 1. The summed E-state index contributed by atoms with van der Waals surface area (Å²) in [6, 6.07) is 9.79. The average Bonchev–Trinajstić information content (AvgIpc) is 2.91. The molecule has 2 N–H and O–H groups in total. The molecule has 116 valence electrons. The zero-order chi connectivity index (χ0) is 15.9. The number of rotatable bonds is 5. The molecule has 0 unspecified atom stereocenters. The van der Waals surface area contributed by atoms with Crippen LogP contribution in [0, 0.1) is 0 Å². The highest BCUT2D eigenvalue weighted by molar-refractivity contribution is 9.10. The van der Waals surface area contributed by atoms with Gasteiger partial charge in [-0.2, -0.15) is 0 Å². The summed E-state index contributed by atoms with van der Waals surface area (Å²) in [5.74, 6) is -0.00909. The smallest absolute Gasteiger partial charge is 0.338 e. The van der Waals surface area contributed by atoms with Gasteiger partial charge in [0.25, 0.3) is 0 Å². The van der Waals surface area contributed by atoms with Crippen LogP contribution in [0.1, 0.15) is 22.8 Å². The Morgan fingerprint density at radius 3 is 2.50 bits per heavy atom. The number of furan rings is 1. The number of urea groups is 1. The van der Waals surface area contributed by atoms with Crippen LogP contribution in [0.4, 0.5) is 10.7 Å². The summed E-state index contributed by atoms with van der Waals surface area (Å²) >= 11 is 3.15. The minimum Gasteiger partial charge on any atom is -0.462 e. The predicted octanol–water partition coefficient (Wildman–Crippen LogP) is 3.54. The van der Waals surface area contributed by atoms with Gasteiger partial charge in [-0.05, 0) is 46.6 Å². The normalized spacial score (nSPS) is 10.1. The maximum atomic E-state index is 11.7. The van der Waals surface area contributed by atoms with Gasteiger partial charge >= 0.3 is 12.0 Å². The Labute approximate surface area is 136 Å². The van der Waals surface area contributed by atoms with Gasteiger partial charge in [0.15, 0.2) is 4.67 Å². The number of nitrogens with one attached hydrogen (secondary N) is 2. The van der Waals surface area contributed by atoms with Crippen LogP contribution in [0.2, 0.25) is 0 Å². The molecule has 0 spiro atoms. The number of ether oxygens (including phenoxy) is 1. The van der Waals surface area contributed by atoms with E-state index in [0.29, 0.717) is 29.3 Å². The van der Waals surface area contributed by atoms with Gasteiger partial charge in [-0.1, -0.05) is 12.1 Å². The molecule has 0 saturated heterocycles. The third-order valence-corrected chi connectivity index (χ3v) is 3.15. The first-order valence-corrected chi connectivity index (χ1v) is 7.44. The molecule has 2 aromatic rings. The molecule has 0 aliphatic carbocycles. The van der Waals surface area contributed by atoms with Crippen molar-refractivity contribution in [2.45, 2.75) is 13.5 Å². The second kappa shape index (κ2) is 7.65. The van der Waals surface area contributed by atoms with Gasteiger partial charge in [0.1, 0.15) is 0 Å². The summed E-state index contributed by atoms with van der Waals surface area (Å²) in [5.41, 5.74) is 1.35. The number of benzene rings is 1. The molecule has 0 aliphatic rings. The van der Waals surface area contributed by atoms with Crippen molar-refractivity contribution in [1.29, 1.82) is 0 Å². The van der Waals surface area contributed by atoms with Gasteiger partial charge in [-0.15, -0.1) is 0 Å². The summed E-state index contributed by atoms with van der Waals surface area (Å²) in [5, 5.41) is 5.25. The Bertz CT molecular complexity index is 652. The van der Waals surface area contributed by atoms with Crippen molar-refractivity contribution in [3.63, 3.8) is 0 Å². The molecule has 1 aromatic carbocycles. The van der Waals surface area contributed by atoms with E-state index in [9.17, 15) is 9.59 Å². The van der Waals surface area contributed by atoms with Crippen molar-refractivity contribution in [3.05, 3.63) is 52.2 Å². The quantitative estimate of drug-likeness (QED) is 0.793. The largest absolute Gasteiger partial charge is 0.462 e. The van der Waals surface area contributed by atoms with Crippen molar-refractivity contribution in [2.75, 3.05) is 11.9 Å². The summed E-state index contributed by atoms with van der Waals surface area (Å²) in [6.07, 6.45) is 0. The first-order valence-electron chi connectivity index (χ1n) is 6.64. The van der Waals surface area contributed by atoms with Crippen LogP contribution in [0.5, 0.6) is 0 Å². The summed E-state index contributed by atoms with van der Waals surface area (Å²) < 4.78 is 10.6. The van der Waals surface area contributed by atoms with Crippen LogP contribution < -0.4 is 10.6 Å². The van der Waals surface area contributed by atoms with E-state index in [1.807, 2.05) is 0 Å². The molecular weight excluding hydrogens is 352 g/mol. The molecule has 22 heavy (non-hydrogen) atoms. The molecule has 2 amide bonds. The predicted molar refractivity (Wildman–Crippen MR) is 84.7 cm³/mol. The van der Waals surface area contributed by atoms with E-state index in [0.717, 1.165) is 5.56 Å². The Balaban J connectivity index is 1.83. The van der Waals surface area contributed by atoms with Crippen LogP contribution >= 0.6 is 15.9 Å². The molecule has 0 aliphatic heterocycles. The number of halogens is 1. The van der Waals surface area contributed by atoms with Crippen LogP contribution in [0.3, 0.4) is 0 Å². The van der Waals surface area contributed by atoms with Gasteiger partial charge in [-0.25, -0.2) is 9.59 Å². The molecule has 0 radical (unpaired) electrons. The molecule has 6 nitrogen and oxygen atoms in total. The second-order valence-electron chi connectivity index (χ2n) is 4.33. The van der Waals surface area contributed by atoms with Gasteiger partial charge in [0.05, 0.1) is 12.2 Å². The molecular formula is C15H15BrN2O4. The fraction of sp³-hybridized carbons (Fsp3) is 0.200. The lowest BCUT2D eigenvalue weighted by Gasteiger charge is -2.06. The summed E-state index contributed by atoms with van der Waals surface area (Å²) in [6.45, 7) is 2.42. The number of anilines is 1. The van der Waals surface area contributed by atoms with E-state index in [2.05, 4.69) is 26.6 Å². The van der Waals surface area contributed by atoms with Crippen LogP contribution in [0.15, 0.2) is 45.5 Å². The second-order valence-corrected chi connectivity index (χ2v) is 5.11. The third-order valence-electron chi connectivity index (χ3n) is 2.73. The fourth-order valence-corrected chi connectivity index (χ4v) is 2.00. The minimum absolute atomic E-state index is 0.330. The first-order chi connectivity index (χ1) is 10.6. The first kappa shape index (κ1) is 16.1. The highest BCUT2D eigenvalue weighted by atomic mass is 79.9. The molecule has 0 saturated carbocycles. The molecule has 1 aromatic heterocycles. The van der Waals surface area contributed by atoms with E-state index >= 15 is 0 Å². The fourth-order valence-electron chi connectivity index (χ4n) is 1.69. The maximum absolute atomic E-state index is 11.7. The molecule has 0 atom stereocenters. The highest BCUT2D eigenvalue weighted by Gasteiger charge is 2.07. The Morgan fingerprint density at radius 2 is 1.91 bits per heavy atom. The van der Waals surface area contributed by atoms with E-state index < -0.39 is 0 Å². The number of hydrogen-bond acceptors (Lipinski definition) is 4. The number of amides is 2. The minimum atomic E-state index is -0.378. The van der Waals surface area contributed by atoms with Crippen molar-refractivity contribution in [3.8, 4) is 0 Å². The lowest BCUT2D eigenvalue weighted by atomic mass is 10.1. The molecule has 2 rings (SSSR count). The SMILES string of the molecule is CCOC(=O)c1ccc(CNC(=O)Nc2ccc(Br)o2)cc1. The molecule has 0 bridgehead atoms. The Morgan fingerprint density at radius 1 is 1.18 bits per heavy atom. The number of carbonyl (C=O) groups excluding carboxylic acids is 2. The van der Waals surface area contributed by atoms with Crippen molar-refractivity contribution in [2.24, 2.45) is 0 Å². The maximum Gasteiger partial charge on any atom is 0.338 e. The number of hydrogen-bond donors (Lipinski definition) is 2. The topological polar surface area (TPSA) is 80.6 Å². The van der Waals surface area contributed by atoms with Crippen molar-refractivity contribution < 1.29 is 18.7 Å². The standard InChI is InChI=1S/C15H15BrN2O4/c1-2-21-14(19)11-5-3-10(4-6-11)9-17-15(20)18-13-8-7-12(16)22-13/h3-8H,2,9H2,1H3,(H2,17,18,20). The number of carbonyl (C=O) groups is 2. The monoisotopic (exact) mass is 366 g/mol.